The molecule has 1 aliphatic heterocycles. The zero-order valence-corrected chi connectivity index (χ0v) is 12.5. The number of likely N-dealkylation sites (tertiary alicyclic amines) is 1. The summed E-state index contributed by atoms with van der Waals surface area (Å²) in [4.78, 5) is 25.4. The van der Waals surface area contributed by atoms with Gasteiger partial charge in [0.1, 0.15) is 6.04 Å². The van der Waals surface area contributed by atoms with Crippen LogP contribution < -0.4 is 5.32 Å². The normalized spacial score (nSPS) is 19.8. The van der Waals surface area contributed by atoms with Gasteiger partial charge in [0.25, 0.3) is 0 Å². The van der Waals surface area contributed by atoms with Crippen molar-refractivity contribution < 1.29 is 9.59 Å². The Morgan fingerprint density at radius 1 is 1.45 bits per heavy atom. The smallest absolute Gasteiger partial charge is 0.243 e. The average Bonchev–Trinajstić information content (AvgIpc) is 2.88. The Morgan fingerprint density at radius 3 is 2.85 bits per heavy atom. The van der Waals surface area contributed by atoms with Crippen LogP contribution in [0.5, 0.6) is 0 Å². The minimum absolute atomic E-state index is 0.0435. The van der Waals surface area contributed by atoms with Crippen LogP contribution in [0.25, 0.3) is 0 Å². The first-order valence-corrected chi connectivity index (χ1v) is 7.20. The maximum atomic E-state index is 12.3. The van der Waals surface area contributed by atoms with Gasteiger partial charge in [0, 0.05) is 18.5 Å². The summed E-state index contributed by atoms with van der Waals surface area (Å²) in [6, 6.07) is 6.95. The summed E-state index contributed by atoms with van der Waals surface area (Å²) in [6.45, 7) is 4.08. The predicted molar refractivity (Wildman–Crippen MR) is 78.4 cm³/mol. The van der Waals surface area contributed by atoms with E-state index < -0.39 is 0 Å². The molecule has 0 bridgehead atoms. The van der Waals surface area contributed by atoms with E-state index in [9.17, 15) is 9.59 Å². The van der Waals surface area contributed by atoms with Crippen LogP contribution in [0.15, 0.2) is 24.3 Å². The van der Waals surface area contributed by atoms with Crippen LogP contribution in [0, 0.1) is 0 Å². The Labute approximate surface area is 124 Å². The molecule has 0 saturated carbocycles. The zero-order valence-electron chi connectivity index (χ0n) is 11.7. The summed E-state index contributed by atoms with van der Waals surface area (Å²) in [5.74, 6) is -0.136. The lowest BCUT2D eigenvalue weighted by atomic mass is 10.1. The van der Waals surface area contributed by atoms with Gasteiger partial charge in [-0.1, -0.05) is 23.7 Å². The van der Waals surface area contributed by atoms with Gasteiger partial charge in [-0.3, -0.25) is 9.59 Å². The minimum atomic E-state index is -0.339. The highest BCUT2D eigenvalue weighted by molar-refractivity contribution is 6.30. The maximum Gasteiger partial charge on any atom is 0.243 e. The molecule has 1 fully saturated rings. The van der Waals surface area contributed by atoms with E-state index in [1.807, 2.05) is 25.1 Å². The van der Waals surface area contributed by atoms with Crippen LogP contribution in [0.2, 0.25) is 5.02 Å². The molecule has 2 amide bonds. The molecular weight excluding hydrogens is 276 g/mol. The molecule has 1 aromatic carbocycles. The third kappa shape index (κ3) is 3.31. The van der Waals surface area contributed by atoms with Crippen molar-refractivity contribution >= 4 is 23.4 Å². The number of rotatable bonds is 3. The van der Waals surface area contributed by atoms with Crippen molar-refractivity contribution in [1.82, 2.24) is 10.2 Å². The largest absolute Gasteiger partial charge is 0.348 e. The number of nitrogens with zero attached hydrogens (tertiary/aromatic N) is 1. The van der Waals surface area contributed by atoms with Gasteiger partial charge in [-0.15, -0.1) is 0 Å². The van der Waals surface area contributed by atoms with Gasteiger partial charge in [-0.2, -0.15) is 0 Å². The van der Waals surface area contributed by atoms with Crippen LogP contribution in [-0.2, 0) is 9.59 Å². The molecule has 0 aliphatic carbocycles. The van der Waals surface area contributed by atoms with E-state index in [4.69, 9.17) is 11.6 Å². The molecule has 0 spiro atoms. The minimum Gasteiger partial charge on any atom is -0.348 e. The monoisotopic (exact) mass is 294 g/mol. The molecule has 0 radical (unpaired) electrons. The summed E-state index contributed by atoms with van der Waals surface area (Å²) in [5, 5.41) is 3.61. The fraction of sp³-hybridized carbons (Fsp3) is 0.467. The second-order valence-corrected chi connectivity index (χ2v) is 5.59. The molecule has 2 rings (SSSR count). The summed E-state index contributed by atoms with van der Waals surface area (Å²) < 4.78 is 0. The van der Waals surface area contributed by atoms with E-state index in [1.165, 1.54) is 6.92 Å². The molecule has 0 aromatic heterocycles. The first-order chi connectivity index (χ1) is 9.49. The Morgan fingerprint density at radius 2 is 2.20 bits per heavy atom. The molecule has 5 heteroatoms. The van der Waals surface area contributed by atoms with E-state index in [-0.39, 0.29) is 23.9 Å². The summed E-state index contributed by atoms with van der Waals surface area (Å²) in [7, 11) is 0. The van der Waals surface area contributed by atoms with E-state index in [0.29, 0.717) is 11.6 Å². The summed E-state index contributed by atoms with van der Waals surface area (Å²) in [5.41, 5.74) is 0.957. The lowest BCUT2D eigenvalue weighted by Crippen LogP contribution is -2.45. The number of carbonyl (C=O) groups excluding carboxylic acids is 2. The summed E-state index contributed by atoms with van der Waals surface area (Å²) >= 11 is 5.95. The highest BCUT2D eigenvalue weighted by Crippen LogP contribution is 2.21. The molecular formula is C15H19ClN2O2. The molecule has 1 N–H and O–H groups in total. The Kier molecular flexibility index (Phi) is 4.65. The number of hydrogen-bond donors (Lipinski definition) is 1. The molecule has 1 aromatic rings. The Hall–Kier alpha value is -1.55. The number of nitrogens with one attached hydrogen (secondary N) is 1. The fourth-order valence-corrected chi connectivity index (χ4v) is 2.78. The van der Waals surface area contributed by atoms with Crippen molar-refractivity contribution in [3.05, 3.63) is 34.9 Å². The van der Waals surface area contributed by atoms with Crippen molar-refractivity contribution in [2.45, 2.75) is 38.8 Å². The fourth-order valence-electron chi connectivity index (χ4n) is 2.59. The van der Waals surface area contributed by atoms with Gasteiger partial charge < -0.3 is 10.2 Å². The van der Waals surface area contributed by atoms with Crippen molar-refractivity contribution in [2.75, 3.05) is 6.54 Å². The van der Waals surface area contributed by atoms with Crippen LogP contribution >= 0.6 is 11.6 Å². The number of hydrogen-bond acceptors (Lipinski definition) is 2. The number of halogens is 1. The van der Waals surface area contributed by atoms with Crippen molar-refractivity contribution in [2.24, 2.45) is 0 Å². The van der Waals surface area contributed by atoms with Gasteiger partial charge in [0.05, 0.1) is 6.04 Å². The van der Waals surface area contributed by atoms with Gasteiger partial charge in [0.15, 0.2) is 0 Å². The van der Waals surface area contributed by atoms with Crippen LogP contribution in [-0.4, -0.2) is 29.3 Å². The third-order valence-corrected chi connectivity index (χ3v) is 3.90. The van der Waals surface area contributed by atoms with Gasteiger partial charge in [0.2, 0.25) is 11.8 Å². The highest BCUT2D eigenvalue weighted by atomic mass is 35.5. The van der Waals surface area contributed by atoms with Crippen LogP contribution in [0.4, 0.5) is 0 Å². The highest BCUT2D eigenvalue weighted by Gasteiger charge is 2.32. The third-order valence-electron chi connectivity index (χ3n) is 3.67. The first-order valence-electron chi connectivity index (χ1n) is 6.82. The number of benzene rings is 1. The van der Waals surface area contributed by atoms with Crippen molar-refractivity contribution in [1.29, 1.82) is 0 Å². The van der Waals surface area contributed by atoms with Gasteiger partial charge in [-0.05, 0) is 37.5 Å². The molecule has 20 heavy (non-hydrogen) atoms. The Balaban J connectivity index is 2.02. The van der Waals surface area contributed by atoms with Crippen molar-refractivity contribution in [3.63, 3.8) is 0 Å². The molecule has 1 heterocycles. The zero-order chi connectivity index (χ0) is 14.7. The molecule has 1 aliphatic rings. The molecule has 2 unspecified atom stereocenters. The van der Waals surface area contributed by atoms with Crippen LogP contribution in [0.3, 0.4) is 0 Å². The first kappa shape index (κ1) is 14.9. The summed E-state index contributed by atoms with van der Waals surface area (Å²) in [6.07, 6.45) is 1.61. The molecule has 108 valence electrons. The van der Waals surface area contributed by atoms with E-state index >= 15 is 0 Å². The van der Waals surface area contributed by atoms with Gasteiger partial charge in [-0.25, -0.2) is 0 Å². The quantitative estimate of drug-likeness (QED) is 0.931. The lowest BCUT2D eigenvalue weighted by Gasteiger charge is -2.24. The predicted octanol–water partition coefficient (Wildman–Crippen LogP) is 2.53. The molecule has 4 nitrogen and oxygen atoms in total. The number of amides is 2. The number of carbonyl (C=O) groups is 2. The second kappa shape index (κ2) is 6.27. The van der Waals surface area contributed by atoms with E-state index in [1.54, 1.807) is 11.0 Å². The van der Waals surface area contributed by atoms with E-state index in [0.717, 1.165) is 18.4 Å². The Bertz CT molecular complexity index is 518. The van der Waals surface area contributed by atoms with Crippen LogP contribution in [0.1, 0.15) is 38.3 Å². The van der Waals surface area contributed by atoms with Gasteiger partial charge >= 0.3 is 0 Å². The standard InChI is InChI=1S/C15H19ClN2O2/c1-10(12-5-3-6-13(16)9-12)17-15(20)14-7-4-8-18(14)11(2)19/h3,5-6,9-10,14H,4,7-8H2,1-2H3,(H,17,20). The topological polar surface area (TPSA) is 49.4 Å². The average molecular weight is 295 g/mol. The molecule has 2 atom stereocenters. The lowest BCUT2D eigenvalue weighted by molar-refractivity contribution is -0.137. The SMILES string of the molecule is CC(=O)N1CCCC1C(=O)NC(C)c1cccc(Cl)c1. The van der Waals surface area contributed by atoms with E-state index in [2.05, 4.69) is 5.32 Å². The maximum absolute atomic E-state index is 12.3. The second-order valence-electron chi connectivity index (χ2n) is 5.16. The molecule has 1 saturated heterocycles. The van der Waals surface area contributed by atoms with Crippen molar-refractivity contribution in [3.8, 4) is 0 Å².